The van der Waals surface area contributed by atoms with Crippen LogP contribution in [0.3, 0.4) is 0 Å². The van der Waals surface area contributed by atoms with Crippen LogP contribution < -0.4 is 0 Å². The molecule has 0 N–H and O–H groups in total. The summed E-state index contributed by atoms with van der Waals surface area (Å²) in [6, 6.07) is 0.441. The molecular formula is C15H29N5. The van der Waals surface area contributed by atoms with Crippen molar-refractivity contribution in [3.8, 4) is 0 Å². The predicted molar refractivity (Wildman–Crippen MR) is 82.8 cm³/mol. The number of rotatable bonds is 6. The average Bonchev–Trinajstić information content (AvgIpc) is 2.86. The molecule has 1 aliphatic rings. The Kier molecular flexibility index (Phi) is 5.57. The summed E-state index contributed by atoms with van der Waals surface area (Å²) in [4.78, 5) is 7.42. The van der Waals surface area contributed by atoms with Gasteiger partial charge in [-0.3, -0.25) is 9.58 Å². The van der Waals surface area contributed by atoms with Crippen LogP contribution in [0.25, 0.3) is 0 Å². The Hall–Kier alpha value is -0.910. The summed E-state index contributed by atoms with van der Waals surface area (Å²) in [6.45, 7) is 9.48. The summed E-state index contributed by atoms with van der Waals surface area (Å²) in [6.07, 6.45) is 5.33. The number of likely N-dealkylation sites (N-methyl/N-ethyl adjacent to an activating group) is 1. The fourth-order valence-corrected chi connectivity index (χ4v) is 2.72. The summed E-state index contributed by atoms with van der Waals surface area (Å²) < 4.78 is 1.88. The highest BCUT2D eigenvalue weighted by Gasteiger charge is 2.15. The van der Waals surface area contributed by atoms with E-state index in [1.165, 1.54) is 44.7 Å². The molecule has 0 unspecified atom stereocenters. The molecule has 1 atom stereocenters. The van der Waals surface area contributed by atoms with Gasteiger partial charge in [0.05, 0.1) is 6.20 Å². The SMILES string of the molecule is C[C@@H](c1cnn(C)c1)N(C)CCCN1CCN(C)CC1. The molecule has 114 valence electrons. The van der Waals surface area contributed by atoms with Crippen LogP contribution in [0.2, 0.25) is 0 Å². The Bertz CT molecular complexity index is 395. The van der Waals surface area contributed by atoms with Crippen LogP contribution in [-0.2, 0) is 7.05 Å². The molecule has 0 bridgehead atoms. The van der Waals surface area contributed by atoms with Crippen LogP contribution in [0.5, 0.6) is 0 Å². The minimum atomic E-state index is 0.441. The van der Waals surface area contributed by atoms with Crippen molar-refractivity contribution in [3.05, 3.63) is 18.0 Å². The third-order valence-corrected chi connectivity index (χ3v) is 4.45. The molecule has 0 spiro atoms. The highest BCUT2D eigenvalue weighted by molar-refractivity contribution is 5.08. The average molecular weight is 279 g/mol. The second-order valence-electron chi connectivity index (χ2n) is 6.10. The molecule has 1 fully saturated rings. The van der Waals surface area contributed by atoms with E-state index in [1.54, 1.807) is 0 Å². The second-order valence-corrected chi connectivity index (χ2v) is 6.10. The maximum Gasteiger partial charge on any atom is 0.0537 e. The van der Waals surface area contributed by atoms with Gasteiger partial charge in [0, 0.05) is 51.0 Å². The Balaban J connectivity index is 1.68. The van der Waals surface area contributed by atoms with E-state index in [-0.39, 0.29) is 0 Å². The van der Waals surface area contributed by atoms with Crippen LogP contribution in [0.4, 0.5) is 0 Å². The van der Waals surface area contributed by atoms with Crippen molar-refractivity contribution < 1.29 is 0 Å². The molecule has 0 aliphatic carbocycles. The van der Waals surface area contributed by atoms with Crippen molar-refractivity contribution in [2.45, 2.75) is 19.4 Å². The minimum absolute atomic E-state index is 0.441. The first-order chi connectivity index (χ1) is 9.56. The monoisotopic (exact) mass is 279 g/mol. The molecule has 1 aromatic rings. The summed E-state index contributed by atoms with van der Waals surface area (Å²) in [5.41, 5.74) is 1.30. The molecule has 0 saturated carbocycles. The molecule has 5 heteroatoms. The topological polar surface area (TPSA) is 27.5 Å². The molecule has 1 aliphatic heterocycles. The van der Waals surface area contributed by atoms with Crippen LogP contribution >= 0.6 is 0 Å². The second kappa shape index (κ2) is 7.20. The van der Waals surface area contributed by atoms with E-state index in [0.717, 1.165) is 6.54 Å². The normalized spacial score (nSPS) is 19.6. The quantitative estimate of drug-likeness (QED) is 0.778. The zero-order chi connectivity index (χ0) is 14.5. The number of aryl methyl sites for hydroxylation is 1. The summed E-state index contributed by atoms with van der Waals surface area (Å²) in [5.74, 6) is 0. The van der Waals surface area contributed by atoms with Crippen molar-refractivity contribution in [3.63, 3.8) is 0 Å². The molecule has 0 aromatic carbocycles. The standard InChI is InChI=1S/C15H29N5/c1-14(15-12-16-19(4)13-15)18(3)6-5-7-20-10-8-17(2)9-11-20/h12-14H,5-11H2,1-4H3/t14-/m0/s1. The maximum atomic E-state index is 4.26. The van der Waals surface area contributed by atoms with Gasteiger partial charge in [0.1, 0.15) is 0 Å². The van der Waals surface area contributed by atoms with Gasteiger partial charge in [-0.25, -0.2) is 0 Å². The van der Waals surface area contributed by atoms with Crippen LogP contribution in [0, 0.1) is 0 Å². The van der Waals surface area contributed by atoms with Crippen molar-refractivity contribution in [2.24, 2.45) is 7.05 Å². The smallest absolute Gasteiger partial charge is 0.0537 e. The third kappa shape index (κ3) is 4.30. The Morgan fingerprint density at radius 2 is 1.95 bits per heavy atom. The molecule has 2 heterocycles. The van der Waals surface area contributed by atoms with E-state index in [1.807, 2.05) is 17.9 Å². The zero-order valence-electron chi connectivity index (χ0n) is 13.4. The minimum Gasteiger partial charge on any atom is -0.304 e. The lowest BCUT2D eigenvalue weighted by molar-refractivity contribution is 0.145. The van der Waals surface area contributed by atoms with Crippen molar-refractivity contribution in [1.82, 2.24) is 24.5 Å². The van der Waals surface area contributed by atoms with Crippen LogP contribution in [0.1, 0.15) is 24.9 Å². The van der Waals surface area contributed by atoms with E-state index in [9.17, 15) is 0 Å². The van der Waals surface area contributed by atoms with Gasteiger partial charge in [0.2, 0.25) is 0 Å². The number of hydrogen-bond acceptors (Lipinski definition) is 4. The molecular weight excluding hydrogens is 250 g/mol. The summed E-state index contributed by atoms with van der Waals surface area (Å²) >= 11 is 0. The zero-order valence-corrected chi connectivity index (χ0v) is 13.4. The highest BCUT2D eigenvalue weighted by Crippen LogP contribution is 2.17. The lowest BCUT2D eigenvalue weighted by Gasteiger charge is -2.33. The van der Waals surface area contributed by atoms with Crippen molar-refractivity contribution in [2.75, 3.05) is 53.4 Å². The molecule has 20 heavy (non-hydrogen) atoms. The fraction of sp³-hybridized carbons (Fsp3) is 0.800. The molecule has 0 amide bonds. The first kappa shape index (κ1) is 15.5. The lowest BCUT2D eigenvalue weighted by atomic mass is 10.1. The van der Waals surface area contributed by atoms with Gasteiger partial charge in [-0.2, -0.15) is 5.10 Å². The van der Waals surface area contributed by atoms with Gasteiger partial charge in [-0.05, 0) is 40.5 Å². The number of hydrogen-bond donors (Lipinski definition) is 0. The fourth-order valence-electron chi connectivity index (χ4n) is 2.72. The number of nitrogens with zero attached hydrogens (tertiary/aromatic N) is 5. The van der Waals surface area contributed by atoms with E-state index >= 15 is 0 Å². The Labute approximate surface area is 123 Å². The molecule has 0 radical (unpaired) electrons. The van der Waals surface area contributed by atoms with Gasteiger partial charge in [0.25, 0.3) is 0 Å². The third-order valence-electron chi connectivity index (χ3n) is 4.45. The largest absolute Gasteiger partial charge is 0.304 e. The molecule has 5 nitrogen and oxygen atoms in total. The lowest BCUT2D eigenvalue weighted by Crippen LogP contribution is -2.45. The van der Waals surface area contributed by atoms with Crippen molar-refractivity contribution in [1.29, 1.82) is 0 Å². The highest BCUT2D eigenvalue weighted by atomic mass is 15.3. The van der Waals surface area contributed by atoms with Crippen molar-refractivity contribution >= 4 is 0 Å². The molecule has 1 aromatic heterocycles. The van der Waals surface area contributed by atoms with Crippen LogP contribution in [0.15, 0.2) is 12.4 Å². The first-order valence-corrected chi connectivity index (χ1v) is 7.66. The van der Waals surface area contributed by atoms with Gasteiger partial charge in [0.15, 0.2) is 0 Å². The van der Waals surface area contributed by atoms with E-state index in [4.69, 9.17) is 0 Å². The molecule has 2 rings (SSSR count). The van der Waals surface area contributed by atoms with Gasteiger partial charge in [-0.1, -0.05) is 0 Å². The van der Waals surface area contributed by atoms with E-state index < -0.39 is 0 Å². The predicted octanol–water partition coefficient (Wildman–Crippen LogP) is 1.05. The Morgan fingerprint density at radius 1 is 1.25 bits per heavy atom. The van der Waals surface area contributed by atoms with Crippen LogP contribution in [-0.4, -0.2) is 77.8 Å². The van der Waals surface area contributed by atoms with E-state index in [0.29, 0.717) is 6.04 Å². The first-order valence-electron chi connectivity index (χ1n) is 7.66. The van der Waals surface area contributed by atoms with Gasteiger partial charge < -0.3 is 9.80 Å². The molecule has 1 saturated heterocycles. The number of aromatic nitrogens is 2. The summed E-state index contributed by atoms with van der Waals surface area (Å²) in [7, 11) is 6.39. The Morgan fingerprint density at radius 3 is 2.55 bits per heavy atom. The number of piperazine rings is 1. The maximum absolute atomic E-state index is 4.26. The summed E-state index contributed by atoms with van der Waals surface area (Å²) in [5, 5.41) is 4.26. The van der Waals surface area contributed by atoms with E-state index in [2.05, 4.69) is 47.0 Å². The van der Waals surface area contributed by atoms with Gasteiger partial charge >= 0.3 is 0 Å². The van der Waals surface area contributed by atoms with Gasteiger partial charge in [-0.15, -0.1) is 0 Å².